The van der Waals surface area contributed by atoms with Gasteiger partial charge in [0.05, 0.1) is 0 Å². The van der Waals surface area contributed by atoms with Gasteiger partial charge in [-0.05, 0) is 0 Å². The van der Waals surface area contributed by atoms with E-state index in [1.807, 2.05) is 0 Å². The molecule has 0 aliphatic heterocycles. The molecule has 0 spiro atoms. The fourth-order valence-electron chi connectivity index (χ4n) is 0.644. The standard InChI is InChI=1S/C6H3Cl3I3/c7-10-4-1-5(11-8)3-6(2-4)12-9/h1-3H/q-3. The average molecular weight is 562 g/mol. The summed E-state index contributed by atoms with van der Waals surface area (Å²) in [5.74, 6) is 0. The Morgan fingerprint density at radius 1 is 0.667 bits per heavy atom. The van der Waals surface area contributed by atoms with Crippen LogP contribution < -0.4 is 60.2 Å². The average Bonchev–Trinajstić information content (AvgIpc) is 2.16. The van der Waals surface area contributed by atoms with Crippen LogP contribution in [0.4, 0.5) is 0 Å². The van der Waals surface area contributed by atoms with Gasteiger partial charge in [-0.2, -0.15) is 0 Å². The van der Waals surface area contributed by atoms with Gasteiger partial charge < -0.3 is 0 Å². The molecular weight excluding hydrogens is 559 g/mol. The molecule has 1 rings (SSSR count). The molecule has 0 fully saturated rings. The Labute approximate surface area is 114 Å². The third-order valence-electron chi connectivity index (χ3n) is 1.07. The predicted molar refractivity (Wildman–Crippen MR) is 40.1 cm³/mol. The molecule has 0 nitrogen and oxygen atoms in total. The zero-order valence-electron chi connectivity index (χ0n) is 5.50. The van der Waals surface area contributed by atoms with E-state index in [4.69, 9.17) is 26.7 Å². The van der Waals surface area contributed by atoms with Crippen molar-refractivity contribution >= 4 is 26.7 Å². The number of rotatable bonds is 3. The molecule has 0 heterocycles. The fourth-order valence-corrected chi connectivity index (χ4v) is 6.81. The van der Waals surface area contributed by atoms with Gasteiger partial charge >= 0.3 is 116 Å². The van der Waals surface area contributed by atoms with Crippen LogP contribution in [0.2, 0.25) is 0 Å². The summed E-state index contributed by atoms with van der Waals surface area (Å²) >= 11 is -1.04. The van der Waals surface area contributed by atoms with Crippen molar-refractivity contribution in [3.8, 4) is 0 Å². The Kier molecular flexibility index (Phi) is 6.90. The van der Waals surface area contributed by atoms with Gasteiger partial charge in [0.25, 0.3) is 0 Å². The van der Waals surface area contributed by atoms with Crippen LogP contribution in [-0.2, 0) is 0 Å². The Hall–Kier alpha value is 2.28. The summed E-state index contributed by atoms with van der Waals surface area (Å²) in [5, 5.41) is 0. The summed E-state index contributed by atoms with van der Waals surface area (Å²) in [5.41, 5.74) is 0. The third kappa shape index (κ3) is 3.80. The normalized spacial score (nSPS) is 11.2. The van der Waals surface area contributed by atoms with Crippen molar-refractivity contribution in [1.82, 2.24) is 0 Å². The quantitative estimate of drug-likeness (QED) is 0.323. The predicted octanol–water partition coefficient (Wildman–Crippen LogP) is -6.08. The first-order chi connectivity index (χ1) is 5.80. The van der Waals surface area contributed by atoms with Crippen LogP contribution in [0.25, 0.3) is 0 Å². The molecule has 0 bridgehead atoms. The molecule has 1 aromatic carbocycles. The first kappa shape index (κ1) is 12.4. The molecule has 0 saturated carbocycles. The van der Waals surface area contributed by atoms with Crippen LogP contribution in [0, 0.1) is 10.7 Å². The molecule has 12 heavy (non-hydrogen) atoms. The van der Waals surface area contributed by atoms with Gasteiger partial charge in [-0.15, -0.1) is 0 Å². The molecule has 0 aliphatic rings. The van der Waals surface area contributed by atoms with Crippen molar-refractivity contribution < 1.29 is 60.2 Å². The number of halogens is 6. The Morgan fingerprint density at radius 3 is 1.08 bits per heavy atom. The summed E-state index contributed by atoms with van der Waals surface area (Å²) in [7, 11) is 17.5. The molecule has 0 aromatic heterocycles. The first-order valence-electron chi connectivity index (χ1n) is 2.73. The van der Waals surface area contributed by atoms with Gasteiger partial charge in [-0.3, -0.25) is 0 Å². The molecule has 0 saturated heterocycles. The number of hydrogen-bond acceptors (Lipinski definition) is 0. The molecule has 0 unspecified atom stereocenters. The van der Waals surface area contributed by atoms with Crippen LogP contribution >= 0.6 is 26.7 Å². The Bertz CT molecular complexity index is 211. The van der Waals surface area contributed by atoms with Gasteiger partial charge in [-0.25, -0.2) is 0 Å². The van der Waals surface area contributed by atoms with Gasteiger partial charge in [0.1, 0.15) is 0 Å². The Balaban J connectivity index is 3.01. The van der Waals surface area contributed by atoms with Crippen LogP contribution in [0.1, 0.15) is 0 Å². The topological polar surface area (TPSA) is 0 Å². The summed E-state index contributed by atoms with van der Waals surface area (Å²) in [6.07, 6.45) is 0. The van der Waals surface area contributed by atoms with Crippen molar-refractivity contribution in [2.24, 2.45) is 0 Å². The van der Waals surface area contributed by atoms with Gasteiger partial charge in [0.15, 0.2) is 0 Å². The number of hydrogen-bond donors (Lipinski definition) is 0. The van der Waals surface area contributed by atoms with Crippen LogP contribution in [0.3, 0.4) is 0 Å². The van der Waals surface area contributed by atoms with Crippen LogP contribution in [-0.4, -0.2) is 0 Å². The Morgan fingerprint density at radius 2 is 0.917 bits per heavy atom. The molecule has 0 radical (unpaired) electrons. The van der Waals surface area contributed by atoms with E-state index in [-0.39, 0.29) is 60.2 Å². The first-order valence-corrected chi connectivity index (χ1v) is 14.2. The molecule has 6 heteroatoms. The van der Waals surface area contributed by atoms with Crippen molar-refractivity contribution in [1.29, 1.82) is 0 Å². The van der Waals surface area contributed by atoms with Crippen molar-refractivity contribution in [3.05, 3.63) is 28.9 Å². The second-order valence-corrected chi connectivity index (χ2v) is 9.64. The van der Waals surface area contributed by atoms with Gasteiger partial charge in [0, 0.05) is 0 Å². The number of benzene rings is 1. The van der Waals surface area contributed by atoms with Crippen LogP contribution in [0.5, 0.6) is 0 Å². The summed E-state index contributed by atoms with van der Waals surface area (Å²) in [4.78, 5) is 0. The van der Waals surface area contributed by atoms with E-state index in [1.54, 1.807) is 0 Å². The molecule has 0 atom stereocenters. The maximum atomic E-state index is 5.83. The molecule has 0 amide bonds. The zero-order chi connectivity index (χ0) is 8.97. The van der Waals surface area contributed by atoms with E-state index in [2.05, 4.69) is 18.2 Å². The SMILES string of the molecule is Cl[I-]c1cc([I-]Cl)cc([I-]Cl)c1. The van der Waals surface area contributed by atoms with E-state index < -0.39 is 0 Å². The van der Waals surface area contributed by atoms with E-state index in [9.17, 15) is 0 Å². The van der Waals surface area contributed by atoms with E-state index in [0.717, 1.165) is 0 Å². The summed E-state index contributed by atoms with van der Waals surface area (Å²) in [6, 6.07) is 6.33. The second-order valence-electron chi connectivity index (χ2n) is 1.80. The molecule has 1 aromatic rings. The second kappa shape index (κ2) is 6.71. The minimum atomic E-state index is -0.346. The fraction of sp³-hybridized carbons (Fsp3) is 0. The molecule has 0 aliphatic carbocycles. The van der Waals surface area contributed by atoms with Crippen molar-refractivity contribution in [2.45, 2.75) is 0 Å². The zero-order valence-corrected chi connectivity index (χ0v) is 14.2. The third-order valence-corrected chi connectivity index (χ3v) is 7.68. The van der Waals surface area contributed by atoms with Gasteiger partial charge in [-0.1, -0.05) is 0 Å². The molecular formula is C6H3Cl3I3-3. The molecule has 72 valence electrons. The van der Waals surface area contributed by atoms with E-state index in [0.29, 0.717) is 0 Å². The van der Waals surface area contributed by atoms with E-state index >= 15 is 0 Å². The van der Waals surface area contributed by atoms with Crippen molar-refractivity contribution in [3.63, 3.8) is 0 Å². The van der Waals surface area contributed by atoms with Crippen molar-refractivity contribution in [2.75, 3.05) is 0 Å². The summed E-state index contributed by atoms with van der Waals surface area (Å²) < 4.78 is 3.72. The molecule has 0 N–H and O–H groups in total. The van der Waals surface area contributed by atoms with Gasteiger partial charge in [0.2, 0.25) is 0 Å². The monoisotopic (exact) mass is 561 g/mol. The summed E-state index contributed by atoms with van der Waals surface area (Å²) in [6.45, 7) is 0. The minimum absolute atomic E-state index is 0.346. The van der Waals surface area contributed by atoms with Crippen LogP contribution in [0.15, 0.2) is 18.2 Å². The maximum absolute atomic E-state index is 5.83. The van der Waals surface area contributed by atoms with E-state index in [1.165, 1.54) is 10.7 Å².